The highest BCUT2D eigenvalue weighted by Gasteiger charge is 2.32. The van der Waals surface area contributed by atoms with Crippen LogP contribution in [-0.2, 0) is 14.8 Å². The number of morpholine rings is 1. The van der Waals surface area contributed by atoms with E-state index in [1.807, 2.05) is 6.07 Å². The number of hydrogen-bond donors (Lipinski definition) is 1. The number of nitrogens with zero attached hydrogens (tertiary/aromatic N) is 2. The zero-order valence-corrected chi connectivity index (χ0v) is 14.4. The standard InChI is InChI=1S/C16H23N3O3S/c1-3-16(2,19-8-10-22-11-9-19)13-18-23(20,21)15-6-4-14(12-17)5-7-15/h4-7,18H,3,8-11,13H2,1-2H3. The van der Waals surface area contributed by atoms with E-state index in [1.165, 1.54) is 24.3 Å². The first-order valence-corrected chi connectivity index (χ1v) is 9.22. The monoisotopic (exact) mass is 337 g/mol. The topological polar surface area (TPSA) is 82.4 Å². The van der Waals surface area contributed by atoms with Crippen LogP contribution in [-0.4, -0.2) is 51.7 Å². The van der Waals surface area contributed by atoms with Gasteiger partial charge in [0.1, 0.15) is 0 Å². The van der Waals surface area contributed by atoms with E-state index in [9.17, 15) is 8.42 Å². The molecule has 1 aliphatic heterocycles. The third-order valence-corrected chi connectivity index (χ3v) is 5.89. The predicted molar refractivity (Wildman–Crippen MR) is 87.4 cm³/mol. The number of ether oxygens (including phenoxy) is 1. The van der Waals surface area contributed by atoms with Gasteiger partial charge in [-0.1, -0.05) is 6.92 Å². The second-order valence-electron chi connectivity index (χ2n) is 5.91. The summed E-state index contributed by atoms with van der Waals surface area (Å²) in [5, 5.41) is 8.79. The minimum Gasteiger partial charge on any atom is -0.379 e. The van der Waals surface area contributed by atoms with Crippen LogP contribution < -0.4 is 4.72 Å². The van der Waals surface area contributed by atoms with Gasteiger partial charge in [-0.05, 0) is 37.6 Å². The molecule has 1 N–H and O–H groups in total. The summed E-state index contributed by atoms with van der Waals surface area (Å²) in [5.74, 6) is 0. The molecule has 0 radical (unpaired) electrons. The summed E-state index contributed by atoms with van der Waals surface area (Å²) in [7, 11) is -3.58. The van der Waals surface area contributed by atoms with Crippen LogP contribution >= 0.6 is 0 Å². The molecule has 0 saturated carbocycles. The third kappa shape index (κ3) is 4.30. The average Bonchev–Trinajstić information content (AvgIpc) is 2.60. The first-order chi connectivity index (χ1) is 10.9. The maximum atomic E-state index is 12.4. The van der Waals surface area contributed by atoms with Crippen LogP contribution in [0.1, 0.15) is 25.8 Å². The lowest BCUT2D eigenvalue weighted by atomic mass is 9.96. The maximum absolute atomic E-state index is 12.4. The van der Waals surface area contributed by atoms with Gasteiger partial charge >= 0.3 is 0 Å². The van der Waals surface area contributed by atoms with Crippen LogP contribution in [0.3, 0.4) is 0 Å². The molecule has 7 heteroatoms. The summed E-state index contributed by atoms with van der Waals surface area (Å²) in [6.45, 7) is 7.44. The second kappa shape index (κ2) is 7.41. The van der Waals surface area contributed by atoms with Crippen LogP contribution in [0.5, 0.6) is 0 Å². The van der Waals surface area contributed by atoms with E-state index in [1.54, 1.807) is 0 Å². The van der Waals surface area contributed by atoms with Crippen molar-refractivity contribution in [1.82, 2.24) is 9.62 Å². The number of benzene rings is 1. The van der Waals surface area contributed by atoms with E-state index < -0.39 is 10.0 Å². The largest absolute Gasteiger partial charge is 0.379 e. The number of sulfonamides is 1. The summed E-state index contributed by atoms with van der Waals surface area (Å²) < 4.78 is 33.0. The molecule has 126 valence electrons. The van der Waals surface area contributed by atoms with Gasteiger partial charge in [0.15, 0.2) is 0 Å². The Balaban J connectivity index is 2.08. The maximum Gasteiger partial charge on any atom is 0.240 e. The summed E-state index contributed by atoms with van der Waals surface area (Å²) in [5.41, 5.74) is 0.194. The lowest BCUT2D eigenvalue weighted by molar-refractivity contribution is -0.0157. The number of nitrogens with one attached hydrogen (secondary N) is 1. The summed E-state index contributed by atoms with van der Waals surface area (Å²) in [6.07, 6.45) is 0.836. The lowest BCUT2D eigenvalue weighted by Gasteiger charge is -2.43. The van der Waals surface area contributed by atoms with Gasteiger partial charge in [-0.15, -0.1) is 0 Å². The molecule has 0 bridgehead atoms. The highest BCUT2D eigenvalue weighted by molar-refractivity contribution is 7.89. The fourth-order valence-electron chi connectivity index (χ4n) is 2.61. The van der Waals surface area contributed by atoms with E-state index in [-0.39, 0.29) is 10.4 Å². The van der Waals surface area contributed by atoms with Crippen molar-refractivity contribution in [3.63, 3.8) is 0 Å². The highest BCUT2D eigenvalue weighted by atomic mass is 32.2. The van der Waals surface area contributed by atoms with Gasteiger partial charge in [-0.3, -0.25) is 4.90 Å². The molecule has 1 aromatic carbocycles. The first-order valence-electron chi connectivity index (χ1n) is 7.74. The van der Waals surface area contributed by atoms with E-state index in [2.05, 4.69) is 23.5 Å². The minimum atomic E-state index is -3.58. The molecule has 0 amide bonds. The van der Waals surface area contributed by atoms with Crippen molar-refractivity contribution in [2.75, 3.05) is 32.8 Å². The van der Waals surface area contributed by atoms with Gasteiger partial charge in [-0.2, -0.15) is 5.26 Å². The molecular formula is C16H23N3O3S. The van der Waals surface area contributed by atoms with Gasteiger partial charge in [0.2, 0.25) is 10.0 Å². The summed E-state index contributed by atoms with van der Waals surface area (Å²) >= 11 is 0. The Morgan fingerprint density at radius 2 is 1.91 bits per heavy atom. The molecule has 1 fully saturated rings. The van der Waals surface area contributed by atoms with Crippen molar-refractivity contribution in [3.8, 4) is 6.07 Å². The number of nitriles is 1. The minimum absolute atomic E-state index is 0.178. The molecule has 0 aromatic heterocycles. The molecule has 1 heterocycles. The second-order valence-corrected chi connectivity index (χ2v) is 7.68. The van der Waals surface area contributed by atoms with E-state index in [0.717, 1.165) is 19.5 Å². The first kappa shape index (κ1) is 17.9. The third-order valence-electron chi connectivity index (χ3n) is 4.47. The Bertz CT molecular complexity index is 661. The quantitative estimate of drug-likeness (QED) is 0.847. The van der Waals surface area contributed by atoms with Gasteiger partial charge in [0.25, 0.3) is 0 Å². The van der Waals surface area contributed by atoms with Crippen LogP contribution in [0.4, 0.5) is 0 Å². The molecule has 0 spiro atoms. The Kier molecular flexibility index (Phi) is 5.76. The summed E-state index contributed by atoms with van der Waals surface area (Å²) in [4.78, 5) is 2.45. The van der Waals surface area contributed by atoms with Crippen LogP contribution in [0, 0.1) is 11.3 Å². The van der Waals surface area contributed by atoms with Crippen LogP contribution in [0.15, 0.2) is 29.2 Å². The van der Waals surface area contributed by atoms with Crippen molar-refractivity contribution < 1.29 is 13.2 Å². The van der Waals surface area contributed by atoms with E-state index >= 15 is 0 Å². The van der Waals surface area contributed by atoms with E-state index in [0.29, 0.717) is 25.3 Å². The molecule has 2 rings (SSSR count). The fourth-order valence-corrected chi connectivity index (χ4v) is 3.77. The Morgan fingerprint density at radius 3 is 2.43 bits per heavy atom. The molecule has 0 aliphatic carbocycles. The highest BCUT2D eigenvalue weighted by Crippen LogP contribution is 2.21. The van der Waals surface area contributed by atoms with Gasteiger partial charge < -0.3 is 4.74 Å². The Morgan fingerprint density at radius 1 is 1.30 bits per heavy atom. The molecule has 1 unspecified atom stereocenters. The SMILES string of the molecule is CCC(C)(CNS(=O)(=O)c1ccc(C#N)cc1)N1CCOCC1. The Hall–Kier alpha value is -1.46. The Labute approximate surface area is 138 Å². The zero-order chi connectivity index (χ0) is 16.9. The smallest absolute Gasteiger partial charge is 0.240 e. The molecule has 23 heavy (non-hydrogen) atoms. The van der Waals surface area contributed by atoms with Crippen molar-refractivity contribution in [2.45, 2.75) is 30.7 Å². The predicted octanol–water partition coefficient (Wildman–Crippen LogP) is 1.34. The molecule has 1 saturated heterocycles. The van der Waals surface area contributed by atoms with Crippen LogP contribution in [0.2, 0.25) is 0 Å². The van der Waals surface area contributed by atoms with Crippen LogP contribution in [0.25, 0.3) is 0 Å². The molecule has 1 atom stereocenters. The van der Waals surface area contributed by atoms with Crippen molar-refractivity contribution in [3.05, 3.63) is 29.8 Å². The normalized spacial score (nSPS) is 19.0. The lowest BCUT2D eigenvalue weighted by Crippen LogP contribution is -2.56. The number of rotatable bonds is 6. The molecule has 1 aliphatic rings. The average molecular weight is 337 g/mol. The van der Waals surface area contributed by atoms with Gasteiger partial charge in [0.05, 0.1) is 29.7 Å². The molecule has 6 nitrogen and oxygen atoms in total. The van der Waals surface area contributed by atoms with Gasteiger partial charge in [-0.25, -0.2) is 13.1 Å². The summed E-state index contributed by atoms with van der Waals surface area (Å²) in [6, 6.07) is 7.91. The fraction of sp³-hybridized carbons (Fsp3) is 0.562. The van der Waals surface area contributed by atoms with Crippen molar-refractivity contribution in [2.24, 2.45) is 0 Å². The number of hydrogen-bond acceptors (Lipinski definition) is 5. The molecular weight excluding hydrogens is 314 g/mol. The van der Waals surface area contributed by atoms with E-state index in [4.69, 9.17) is 10.00 Å². The van der Waals surface area contributed by atoms with Gasteiger partial charge in [0, 0.05) is 25.2 Å². The van der Waals surface area contributed by atoms with Crippen molar-refractivity contribution in [1.29, 1.82) is 5.26 Å². The zero-order valence-electron chi connectivity index (χ0n) is 13.6. The van der Waals surface area contributed by atoms with Crippen molar-refractivity contribution >= 4 is 10.0 Å². The molecule has 1 aromatic rings.